The van der Waals surface area contributed by atoms with Gasteiger partial charge >= 0.3 is 5.69 Å². The quantitative estimate of drug-likeness (QED) is 0.708. The maximum atomic E-state index is 11.5. The number of aromatic amines is 1. The van der Waals surface area contributed by atoms with Crippen molar-refractivity contribution in [2.24, 2.45) is 0 Å². The first-order valence-corrected chi connectivity index (χ1v) is 7.83. The number of nitrogen functional groups attached to an aromatic ring is 1. The largest absolute Gasteiger partial charge is 0.383 e. The van der Waals surface area contributed by atoms with E-state index in [4.69, 9.17) is 5.73 Å². The fourth-order valence-corrected chi connectivity index (χ4v) is 3.47. The average molecular weight is 308 g/mol. The Balaban J connectivity index is 1.84. The molecule has 0 radical (unpaired) electrons. The molecule has 3 aromatic heterocycles. The molecule has 0 amide bonds. The maximum Gasteiger partial charge on any atom is 0.343 e. The van der Waals surface area contributed by atoms with E-state index in [0.717, 1.165) is 10.2 Å². The number of anilines is 1. The molecule has 3 N–H and O–H groups in total. The van der Waals surface area contributed by atoms with Gasteiger partial charge in [-0.1, -0.05) is 11.8 Å². The van der Waals surface area contributed by atoms with Crippen molar-refractivity contribution < 1.29 is 0 Å². The molecule has 0 saturated heterocycles. The molecule has 3 aromatic rings. The number of fused-ring (bicyclic) bond motifs is 1. The van der Waals surface area contributed by atoms with Gasteiger partial charge in [0, 0.05) is 6.54 Å². The number of nitrogens with zero attached hydrogens (tertiary/aromatic N) is 4. The Morgan fingerprint density at radius 1 is 1.50 bits per heavy atom. The molecular formula is C11H12N6OS2. The zero-order chi connectivity index (χ0) is 14.1. The topological polar surface area (TPSA) is 102 Å². The van der Waals surface area contributed by atoms with Gasteiger partial charge in [0.05, 0.1) is 11.1 Å². The number of nitrogens with one attached hydrogen (secondary N) is 1. The molecule has 0 aliphatic heterocycles. The Kier molecular flexibility index (Phi) is 3.45. The van der Waals surface area contributed by atoms with Crippen LogP contribution >= 0.6 is 23.1 Å². The van der Waals surface area contributed by atoms with Gasteiger partial charge in [-0.15, -0.1) is 16.4 Å². The van der Waals surface area contributed by atoms with E-state index in [9.17, 15) is 4.79 Å². The molecule has 0 unspecified atom stereocenters. The Hall–Kier alpha value is -1.87. The Labute approximate surface area is 122 Å². The van der Waals surface area contributed by atoms with E-state index in [1.807, 2.05) is 18.4 Å². The van der Waals surface area contributed by atoms with Gasteiger partial charge in [-0.2, -0.15) is 0 Å². The molecule has 0 aliphatic rings. The average Bonchev–Trinajstić information content (AvgIpc) is 3.03. The molecule has 104 valence electrons. The van der Waals surface area contributed by atoms with E-state index in [1.54, 1.807) is 4.57 Å². The molecule has 0 fully saturated rings. The highest BCUT2D eigenvalue weighted by Crippen LogP contribution is 2.25. The van der Waals surface area contributed by atoms with Gasteiger partial charge in [0.25, 0.3) is 0 Å². The van der Waals surface area contributed by atoms with Gasteiger partial charge in [0.1, 0.15) is 16.5 Å². The van der Waals surface area contributed by atoms with Crippen LogP contribution in [0.3, 0.4) is 0 Å². The minimum atomic E-state index is -0.204. The van der Waals surface area contributed by atoms with Crippen LogP contribution < -0.4 is 11.4 Å². The molecule has 0 saturated carbocycles. The minimum absolute atomic E-state index is 0.204. The zero-order valence-corrected chi connectivity index (χ0v) is 12.3. The van der Waals surface area contributed by atoms with Crippen molar-refractivity contribution in [1.82, 2.24) is 24.7 Å². The summed E-state index contributed by atoms with van der Waals surface area (Å²) in [6, 6.07) is 1.91. The third kappa shape index (κ3) is 2.29. The Bertz CT molecular complexity index is 805. The third-order valence-electron chi connectivity index (χ3n) is 2.77. The number of hydrogen-bond acceptors (Lipinski definition) is 7. The number of thiophene rings is 1. The second-order valence-corrected chi connectivity index (χ2v) is 5.85. The third-order valence-corrected chi connectivity index (χ3v) is 4.55. The van der Waals surface area contributed by atoms with Crippen LogP contribution in [-0.4, -0.2) is 24.7 Å². The fourth-order valence-electron chi connectivity index (χ4n) is 1.81. The van der Waals surface area contributed by atoms with E-state index < -0.39 is 0 Å². The van der Waals surface area contributed by atoms with Gasteiger partial charge in [-0.25, -0.2) is 19.9 Å². The second kappa shape index (κ2) is 5.25. The second-order valence-electron chi connectivity index (χ2n) is 4.01. The highest BCUT2D eigenvalue weighted by molar-refractivity contribution is 7.98. The fraction of sp³-hybridized carbons (Fsp3) is 0.273. The summed E-state index contributed by atoms with van der Waals surface area (Å²) in [5.41, 5.74) is 5.70. The first-order chi connectivity index (χ1) is 9.69. The zero-order valence-electron chi connectivity index (χ0n) is 10.7. The lowest BCUT2D eigenvalue weighted by molar-refractivity contribution is 0.660. The van der Waals surface area contributed by atoms with Crippen LogP contribution in [0.25, 0.3) is 10.2 Å². The lowest BCUT2D eigenvalue weighted by Gasteiger charge is -2.03. The molecule has 0 spiro atoms. The van der Waals surface area contributed by atoms with Crippen molar-refractivity contribution in [3.8, 4) is 0 Å². The first kappa shape index (κ1) is 13.1. The predicted octanol–water partition coefficient (Wildman–Crippen LogP) is 1.47. The van der Waals surface area contributed by atoms with Crippen molar-refractivity contribution >= 4 is 39.1 Å². The van der Waals surface area contributed by atoms with Gasteiger partial charge in [0.2, 0.25) is 0 Å². The smallest absolute Gasteiger partial charge is 0.343 e. The van der Waals surface area contributed by atoms with Crippen LogP contribution in [0.2, 0.25) is 0 Å². The summed E-state index contributed by atoms with van der Waals surface area (Å²) in [6.07, 6.45) is 0. The van der Waals surface area contributed by atoms with E-state index in [0.29, 0.717) is 29.1 Å². The van der Waals surface area contributed by atoms with Crippen LogP contribution in [0.5, 0.6) is 0 Å². The number of rotatable bonds is 4. The first-order valence-electron chi connectivity index (χ1n) is 5.96. The lowest BCUT2D eigenvalue weighted by atomic mass is 10.4. The van der Waals surface area contributed by atoms with Gasteiger partial charge < -0.3 is 5.73 Å². The highest BCUT2D eigenvalue weighted by atomic mass is 32.2. The summed E-state index contributed by atoms with van der Waals surface area (Å²) in [5.74, 6) is 1.64. The Morgan fingerprint density at radius 2 is 2.35 bits per heavy atom. The van der Waals surface area contributed by atoms with Gasteiger partial charge in [0.15, 0.2) is 5.16 Å². The lowest BCUT2D eigenvalue weighted by Crippen LogP contribution is -2.16. The summed E-state index contributed by atoms with van der Waals surface area (Å²) >= 11 is 2.94. The normalized spacial score (nSPS) is 11.2. The van der Waals surface area contributed by atoms with Crippen molar-refractivity contribution in [1.29, 1.82) is 0 Å². The molecule has 0 bridgehead atoms. The van der Waals surface area contributed by atoms with Crippen LogP contribution in [0, 0.1) is 0 Å². The van der Waals surface area contributed by atoms with Crippen LogP contribution in [-0.2, 0) is 12.3 Å². The monoisotopic (exact) mass is 308 g/mol. The number of thioether (sulfide) groups is 1. The van der Waals surface area contributed by atoms with E-state index >= 15 is 0 Å². The summed E-state index contributed by atoms with van der Waals surface area (Å²) in [6.45, 7) is 2.47. The van der Waals surface area contributed by atoms with Crippen LogP contribution in [0.1, 0.15) is 12.7 Å². The maximum absolute atomic E-state index is 11.5. The van der Waals surface area contributed by atoms with Crippen LogP contribution in [0.4, 0.5) is 5.82 Å². The summed E-state index contributed by atoms with van der Waals surface area (Å²) < 4.78 is 1.57. The number of hydrogen-bond donors (Lipinski definition) is 2. The molecular weight excluding hydrogens is 296 g/mol. The molecule has 20 heavy (non-hydrogen) atoms. The SMILES string of the molecule is CCn1c(SCc2nc(N)c3ccsc3n2)n[nH]c1=O. The molecule has 0 aliphatic carbocycles. The molecule has 3 heterocycles. The Morgan fingerprint density at radius 3 is 3.15 bits per heavy atom. The van der Waals surface area contributed by atoms with Crippen LogP contribution in [0.15, 0.2) is 21.4 Å². The number of H-pyrrole nitrogens is 1. The molecule has 0 atom stereocenters. The van der Waals surface area contributed by atoms with Gasteiger partial charge in [-0.05, 0) is 18.4 Å². The van der Waals surface area contributed by atoms with E-state index in [-0.39, 0.29) is 5.69 Å². The highest BCUT2D eigenvalue weighted by Gasteiger charge is 2.10. The van der Waals surface area contributed by atoms with E-state index in [1.165, 1.54) is 23.1 Å². The van der Waals surface area contributed by atoms with Gasteiger partial charge in [-0.3, -0.25) is 4.57 Å². The molecule has 3 rings (SSSR count). The molecule has 0 aromatic carbocycles. The molecule has 7 nitrogen and oxygen atoms in total. The predicted molar refractivity (Wildman–Crippen MR) is 79.9 cm³/mol. The minimum Gasteiger partial charge on any atom is -0.383 e. The number of nitrogens with two attached hydrogens (primary N) is 1. The van der Waals surface area contributed by atoms with Crippen molar-refractivity contribution in [2.45, 2.75) is 24.4 Å². The summed E-state index contributed by atoms with van der Waals surface area (Å²) in [5, 5.41) is 9.87. The molecule has 9 heteroatoms. The number of aromatic nitrogens is 5. The standard InChI is InChI=1S/C11H12N6OS2/c1-2-17-10(18)15-16-11(17)20-5-7-13-8(12)6-3-4-19-9(6)14-7/h3-4H,2,5H2,1H3,(H,15,18)(H2,12,13,14). The summed E-state index contributed by atoms with van der Waals surface area (Å²) in [4.78, 5) is 21.1. The van der Waals surface area contributed by atoms with E-state index in [2.05, 4.69) is 20.2 Å². The van der Waals surface area contributed by atoms with Crippen molar-refractivity contribution in [3.05, 3.63) is 27.8 Å². The van der Waals surface area contributed by atoms with Crippen molar-refractivity contribution in [2.75, 3.05) is 5.73 Å². The summed E-state index contributed by atoms with van der Waals surface area (Å²) in [7, 11) is 0. The van der Waals surface area contributed by atoms with Crippen molar-refractivity contribution in [3.63, 3.8) is 0 Å².